The largest absolute Gasteiger partial charge is 0.504 e. The number of amides is 1. The highest BCUT2D eigenvalue weighted by Crippen LogP contribution is 2.37. The summed E-state index contributed by atoms with van der Waals surface area (Å²) in [7, 11) is 0. The normalized spacial score (nSPS) is 12.1. The minimum absolute atomic E-state index is 0.0276. The van der Waals surface area contributed by atoms with Crippen molar-refractivity contribution in [2.45, 2.75) is 13.1 Å². The summed E-state index contributed by atoms with van der Waals surface area (Å²) in [6, 6.07) is 9.80. The molecular formula is C19H15F3N4O4. The Bertz CT molecular complexity index is 1120. The summed E-state index contributed by atoms with van der Waals surface area (Å²) in [6.07, 6.45) is -4.10. The third-order valence-electron chi connectivity index (χ3n) is 4.13. The molecule has 0 aliphatic rings. The van der Waals surface area contributed by atoms with Crippen LogP contribution in [-0.4, -0.2) is 36.7 Å². The third kappa shape index (κ3) is 3.90. The van der Waals surface area contributed by atoms with E-state index < -0.39 is 40.6 Å². The average Bonchev–Trinajstić information content (AvgIpc) is 3.17. The molecule has 0 fully saturated rings. The molecule has 0 spiro atoms. The predicted molar refractivity (Wildman–Crippen MR) is 99.7 cm³/mol. The number of phenolic OH excluding ortho intramolecular Hbond substituents is 3. The van der Waals surface area contributed by atoms with Crippen molar-refractivity contribution < 1.29 is 33.3 Å². The van der Waals surface area contributed by atoms with Gasteiger partial charge in [0.05, 0.1) is 23.2 Å². The number of nitrogens with one attached hydrogen (secondary N) is 1. The summed E-state index contributed by atoms with van der Waals surface area (Å²) >= 11 is 0. The summed E-state index contributed by atoms with van der Waals surface area (Å²) in [4.78, 5) is 12.4. The van der Waals surface area contributed by atoms with Crippen molar-refractivity contribution in [3.63, 3.8) is 0 Å². The summed E-state index contributed by atoms with van der Waals surface area (Å²) in [5.41, 5.74) is 0.00374. The molecule has 0 saturated heterocycles. The highest BCUT2D eigenvalue weighted by Gasteiger charge is 2.40. The van der Waals surface area contributed by atoms with Gasteiger partial charge in [0.1, 0.15) is 0 Å². The highest BCUT2D eigenvalue weighted by atomic mass is 19.4. The smallest absolute Gasteiger partial charge is 0.434 e. The van der Waals surface area contributed by atoms with Gasteiger partial charge in [-0.1, -0.05) is 18.2 Å². The summed E-state index contributed by atoms with van der Waals surface area (Å²) in [5, 5.41) is 36.1. The standard InChI is InChI=1S/C19H15F3N4O4/c1-10(12-7-8-14(27)16(29)15(12)28)24-25-18(30)13-9-23-26(17(13)19(20,21)22)11-5-3-2-4-6-11/h2-9,27-29H,1H3,(H,25,30). The Morgan fingerprint density at radius 3 is 2.33 bits per heavy atom. The van der Waals surface area contributed by atoms with Crippen molar-refractivity contribution >= 4 is 11.6 Å². The number of hydrogen-bond acceptors (Lipinski definition) is 6. The SMILES string of the molecule is CC(=NNC(=O)c1cnn(-c2ccccc2)c1C(F)(F)F)c1ccc(O)c(O)c1O. The van der Waals surface area contributed by atoms with E-state index in [2.05, 4.69) is 10.2 Å². The average molecular weight is 420 g/mol. The Labute approximate surface area is 167 Å². The van der Waals surface area contributed by atoms with E-state index in [4.69, 9.17) is 0 Å². The lowest BCUT2D eigenvalue weighted by Gasteiger charge is -2.12. The number of carbonyl (C=O) groups is 1. The summed E-state index contributed by atoms with van der Waals surface area (Å²) in [6.45, 7) is 1.34. The minimum Gasteiger partial charge on any atom is -0.504 e. The zero-order valence-corrected chi connectivity index (χ0v) is 15.3. The molecule has 30 heavy (non-hydrogen) atoms. The van der Waals surface area contributed by atoms with Crippen LogP contribution >= 0.6 is 0 Å². The molecule has 1 amide bonds. The van der Waals surface area contributed by atoms with Crippen LogP contribution in [0.5, 0.6) is 17.2 Å². The number of alkyl halides is 3. The van der Waals surface area contributed by atoms with Gasteiger partial charge < -0.3 is 15.3 Å². The van der Waals surface area contributed by atoms with E-state index in [1.807, 2.05) is 5.43 Å². The van der Waals surface area contributed by atoms with Crippen LogP contribution in [0.4, 0.5) is 13.2 Å². The number of phenols is 3. The van der Waals surface area contributed by atoms with Gasteiger partial charge in [-0.3, -0.25) is 4.79 Å². The molecule has 1 heterocycles. The quantitative estimate of drug-likeness (QED) is 0.294. The maximum Gasteiger partial charge on any atom is 0.434 e. The lowest BCUT2D eigenvalue weighted by molar-refractivity contribution is -0.143. The molecule has 2 aromatic carbocycles. The van der Waals surface area contributed by atoms with Gasteiger partial charge in [-0.25, -0.2) is 10.1 Å². The first-order valence-electron chi connectivity index (χ1n) is 8.40. The van der Waals surface area contributed by atoms with Gasteiger partial charge in [-0.05, 0) is 31.2 Å². The van der Waals surface area contributed by atoms with Gasteiger partial charge in [0.15, 0.2) is 17.2 Å². The van der Waals surface area contributed by atoms with Crippen molar-refractivity contribution in [2.75, 3.05) is 0 Å². The number of benzene rings is 2. The number of rotatable bonds is 4. The van der Waals surface area contributed by atoms with Crippen molar-refractivity contribution in [3.05, 3.63) is 65.5 Å². The summed E-state index contributed by atoms with van der Waals surface area (Å²) in [5.74, 6) is -3.24. The van der Waals surface area contributed by atoms with E-state index in [1.54, 1.807) is 6.07 Å². The van der Waals surface area contributed by atoms with Crippen LogP contribution in [0.2, 0.25) is 0 Å². The van der Waals surface area contributed by atoms with E-state index in [0.717, 1.165) is 12.3 Å². The van der Waals surface area contributed by atoms with Gasteiger partial charge in [-0.15, -0.1) is 0 Å². The van der Waals surface area contributed by atoms with E-state index in [-0.39, 0.29) is 17.0 Å². The van der Waals surface area contributed by atoms with Crippen LogP contribution in [0.3, 0.4) is 0 Å². The first-order valence-corrected chi connectivity index (χ1v) is 8.40. The maximum absolute atomic E-state index is 13.6. The molecule has 0 atom stereocenters. The molecule has 3 aromatic rings. The monoisotopic (exact) mass is 420 g/mol. The van der Waals surface area contributed by atoms with Crippen LogP contribution < -0.4 is 5.43 Å². The lowest BCUT2D eigenvalue weighted by atomic mass is 10.1. The Morgan fingerprint density at radius 1 is 1.03 bits per heavy atom. The number of hydrogen-bond donors (Lipinski definition) is 4. The van der Waals surface area contributed by atoms with E-state index in [9.17, 15) is 33.3 Å². The third-order valence-corrected chi connectivity index (χ3v) is 4.13. The fraction of sp³-hybridized carbons (Fsp3) is 0.105. The van der Waals surface area contributed by atoms with Crippen molar-refractivity contribution in [1.82, 2.24) is 15.2 Å². The second-order valence-electron chi connectivity index (χ2n) is 6.12. The highest BCUT2D eigenvalue weighted by molar-refractivity contribution is 6.03. The first-order chi connectivity index (χ1) is 14.1. The van der Waals surface area contributed by atoms with E-state index >= 15 is 0 Å². The van der Waals surface area contributed by atoms with Crippen LogP contribution in [0.15, 0.2) is 53.8 Å². The molecule has 0 aliphatic carbocycles. The van der Waals surface area contributed by atoms with Crippen LogP contribution in [-0.2, 0) is 6.18 Å². The topological polar surface area (TPSA) is 120 Å². The molecule has 0 unspecified atom stereocenters. The summed E-state index contributed by atoms with van der Waals surface area (Å²) < 4.78 is 41.5. The molecular weight excluding hydrogens is 405 g/mol. The van der Waals surface area contributed by atoms with Gasteiger partial charge >= 0.3 is 6.18 Å². The van der Waals surface area contributed by atoms with Crippen LogP contribution in [0.25, 0.3) is 5.69 Å². The van der Waals surface area contributed by atoms with Gasteiger partial charge in [-0.2, -0.15) is 23.4 Å². The maximum atomic E-state index is 13.6. The number of hydrazone groups is 1. The number of carbonyl (C=O) groups excluding carboxylic acids is 1. The molecule has 0 saturated carbocycles. The lowest BCUT2D eigenvalue weighted by Crippen LogP contribution is -2.24. The fourth-order valence-corrected chi connectivity index (χ4v) is 2.67. The fourth-order valence-electron chi connectivity index (χ4n) is 2.67. The minimum atomic E-state index is -4.88. The molecule has 4 N–H and O–H groups in total. The predicted octanol–water partition coefficient (Wildman–Crippen LogP) is 3.16. The number of halogens is 3. The van der Waals surface area contributed by atoms with Gasteiger partial charge in [0.2, 0.25) is 5.75 Å². The van der Waals surface area contributed by atoms with Crippen molar-refractivity contribution in [1.29, 1.82) is 0 Å². The molecule has 0 bridgehead atoms. The van der Waals surface area contributed by atoms with E-state index in [1.165, 1.54) is 37.3 Å². The Kier molecular flexibility index (Phi) is 5.37. The molecule has 1 aromatic heterocycles. The number of aromatic nitrogens is 2. The number of aromatic hydroxyl groups is 3. The Morgan fingerprint density at radius 2 is 1.70 bits per heavy atom. The molecule has 3 rings (SSSR count). The molecule has 156 valence electrons. The van der Waals surface area contributed by atoms with Gasteiger partial charge in [0, 0.05) is 5.56 Å². The number of nitrogens with zero attached hydrogens (tertiary/aromatic N) is 3. The van der Waals surface area contributed by atoms with Gasteiger partial charge in [0.25, 0.3) is 5.91 Å². The van der Waals surface area contributed by atoms with E-state index in [0.29, 0.717) is 4.68 Å². The van der Waals surface area contributed by atoms with Crippen molar-refractivity contribution in [3.8, 4) is 22.9 Å². The molecule has 0 radical (unpaired) electrons. The molecule has 0 aliphatic heterocycles. The first kappa shape index (κ1) is 20.7. The zero-order valence-electron chi connectivity index (χ0n) is 15.3. The zero-order chi connectivity index (χ0) is 22.1. The second kappa shape index (κ2) is 7.78. The second-order valence-corrected chi connectivity index (χ2v) is 6.12. The molecule has 8 nitrogen and oxygen atoms in total. The Balaban J connectivity index is 1.94. The molecule has 11 heteroatoms. The number of para-hydroxylation sites is 1. The van der Waals surface area contributed by atoms with Crippen molar-refractivity contribution in [2.24, 2.45) is 5.10 Å². The van der Waals surface area contributed by atoms with Crippen LogP contribution in [0, 0.1) is 0 Å². The van der Waals surface area contributed by atoms with Crippen LogP contribution in [0.1, 0.15) is 28.5 Å². The Hall–Kier alpha value is -4.02.